The number of rotatable bonds is 3. The largest absolute Gasteiger partial charge is 0.328 e. The molecule has 0 spiro atoms. The number of nitrogens with two attached hydrogens (primary N) is 1. The van der Waals surface area contributed by atoms with Crippen LogP contribution in [0.25, 0.3) is 0 Å². The van der Waals surface area contributed by atoms with E-state index in [0.29, 0.717) is 18.0 Å². The molecule has 0 radical (unpaired) electrons. The number of hydrogen-bond donors (Lipinski definition) is 1. The maximum absolute atomic E-state index is 13.0. The van der Waals surface area contributed by atoms with E-state index in [1.807, 2.05) is 39.8 Å². The predicted molar refractivity (Wildman–Crippen MR) is 85.8 cm³/mol. The van der Waals surface area contributed by atoms with Crippen molar-refractivity contribution in [3.63, 3.8) is 0 Å². The lowest BCUT2D eigenvalue weighted by Gasteiger charge is -2.34. The molecule has 1 aromatic rings. The molecule has 118 valence electrons. The average Bonchev–Trinajstić information content (AvgIpc) is 2.37. The third kappa shape index (κ3) is 3.30. The third-order valence-corrected chi connectivity index (χ3v) is 6.54. The molecule has 1 heterocycles. The first-order chi connectivity index (χ1) is 9.73. The minimum absolute atomic E-state index is 0.0308. The van der Waals surface area contributed by atoms with Gasteiger partial charge in [0.15, 0.2) is 0 Å². The van der Waals surface area contributed by atoms with E-state index >= 15 is 0 Å². The number of piperidine rings is 1. The number of benzene rings is 1. The van der Waals surface area contributed by atoms with Gasteiger partial charge in [0.1, 0.15) is 0 Å². The molecule has 1 fully saturated rings. The first-order valence-electron chi connectivity index (χ1n) is 7.57. The van der Waals surface area contributed by atoms with Gasteiger partial charge >= 0.3 is 0 Å². The van der Waals surface area contributed by atoms with Crippen LogP contribution in [0.4, 0.5) is 0 Å². The molecule has 2 N–H and O–H groups in total. The summed E-state index contributed by atoms with van der Waals surface area (Å²) >= 11 is 0. The minimum Gasteiger partial charge on any atom is -0.328 e. The van der Waals surface area contributed by atoms with Gasteiger partial charge in [-0.05, 0) is 57.6 Å². The summed E-state index contributed by atoms with van der Waals surface area (Å²) in [4.78, 5) is 0.471. The highest BCUT2D eigenvalue weighted by Gasteiger charge is 2.33. The Hall–Kier alpha value is -0.910. The fourth-order valence-electron chi connectivity index (χ4n) is 3.32. The Labute approximate surface area is 128 Å². The van der Waals surface area contributed by atoms with Crippen LogP contribution < -0.4 is 5.73 Å². The molecule has 2 atom stereocenters. The van der Waals surface area contributed by atoms with Crippen LogP contribution in [0.1, 0.15) is 36.5 Å². The molecule has 0 saturated carbocycles. The fraction of sp³-hybridized carbons (Fsp3) is 0.625. The minimum atomic E-state index is -3.43. The van der Waals surface area contributed by atoms with Gasteiger partial charge in [0.05, 0.1) is 4.90 Å². The molecule has 1 aliphatic heterocycles. The van der Waals surface area contributed by atoms with Crippen LogP contribution in [0.15, 0.2) is 17.0 Å². The van der Waals surface area contributed by atoms with Crippen molar-refractivity contribution in [3.8, 4) is 0 Å². The Bertz CT molecular complexity index is 600. The van der Waals surface area contributed by atoms with Gasteiger partial charge in [0.2, 0.25) is 10.0 Å². The zero-order valence-corrected chi connectivity index (χ0v) is 14.2. The molecule has 21 heavy (non-hydrogen) atoms. The summed E-state index contributed by atoms with van der Waals surface area (Å²) in [7, 11) is -3.43. The van der Waals surface area contributed by atoms with E-state index in [9.17, 15) is 8.42 Å². The van der Waals surface area contributed by atoms with Crippen molar-refractivity contribution in [2.75, 3.05) is 13.1 Å². The van der Waals surface area contributed by atoms with Gasteiger partial charge in [-0.3, -0.25) is 0 Å². The zero-order chi connectivity index (χ0) is 15.8. The van der Waals surface area contributed by atoms with Gasteiger partial charge in [-0.2, -0.15) is 4.31 Å². The van der Waals surface area contributed by atoms with Crippen LogP contribution in [-0.4, -0.2) is 31.9 Å². The van der Waals surface area contributed by atoms with Crippen LogP contribution in [0.2, 0.25) is 0 Å². The first-order valence-corrected chi connectivity index (χ1v) is 9.01. The molecule has 4 nitrogen and oxygen atoms in total. The number of nitrogens with zero attached hydrogens (tertiary/aromatic N) is 1. The standard InChI is InChI=1S/C16H26N2O2S/c1-11-8-12(2)16(13(3)9-11)21(19,20)18-7-5-6-15(10-18)14(4)17/h8-9,14-15H,5-7,10,17H2,1-4H3. The summed E-state index contributed by atoms with van der Waals surface area (Å²) in [5, 5.41) is 0. The van der Waals surface area contributed by atoms with Gasteiger partial charge in [-0.25, -0.2) is 8.42 Å². The third-order valence-electron chi connectivity index (χ3n) is 4.37. The molecular weight excluding hydrogens is 284 g/mol. The summed E-state index contributed by atoms with van der Waals surface area (Å²) in [5.41, 5.74) is 8.72. The maximum atomic E-state index is 13.0. The summed E-state index contributed by atoms with van der Waals surface area (Å²) in [5.74, 6) is 0.250. The Balaban J connectivity index is 2.39. The number of sulfonamides is 1. The second-order valence-electron chi connectivity index (χ2n) is 6.35. The van der Waals surface area contributed by atoms with Crippen molar-refractivity contribution in [2.24, 2.45) is 11.7 Å². The summed E-state index contributed by atoms with van der Waals surface area (Å²) in [6.07, 6.45) is 1.89. The molecule has 1 aliphatic rings. The predicted octanol–water partition coefficient (Wildman–Crippen LogP) is 2.36. The Kier molecular flexibility index (Phi) is 4.76. The van der Waals surface area contributed by atoms with Crippen molar-refractivity contribution < 1.29 is 8.42 Å². The normalized spacial score (nSPS) is 22.2. The highest BCUT2D eigenvalue weighted by Crippen LogP contribution is 2.29. The van der Waals surface area contributed by atoms with E-state index < -0.39 is 10.0 Å². The maximum Gasteiger partial charge on any atom is 0.243 e. The van der Waals surface area contributed by atoms with Gasteiger partial charge in [0.25, 0.3) is 0 Å². The average molecular weight is 310 g/mol. The number of hydrogen-bond acceptors (Lipinski definition) is 3. The fourth-order valence-corrected chi connectivity index (χ4v) is 5.27. The molecule has 5 heteroatoms. The van der Waals surface area contributed by atoms with Crippen molar-refractivity contribution in [1.29, 1.82) is 0 Å². The summed E-state index contributed by atoms with van der Waals surface area (Å²) in [6.45, 7) is 8.83. The van der Waals surface area contributed by atoms with Crippen molar-refractivity contribution >= 4 is 10.0 Å². The van der Waals surface area contributed by atoms with Gasteiger partial charge < -0.3 is 5.73 Å². The molecule has 0 amide bonds. The van der Waals surface area contributed by atoms with Crippen LogP contribution in [-0.2, 0) is 10.0 Å². The molecule has 0 bridgehead atoms. The van der Waals surface area contributed by atoms with E-state index in [4.69, 9.17) is 5.73 Å². The topological polar surface area (TPSA) is 63.4 Å². The SMILES string of the molecule is Cc1cc(C)c(S(=O)(=O)N2CCCC(C(C)N)C2)c(C)c1. The second kappa shape index (κ2) is 6.07. The molecule has 0 aromatic heterocycles. The lowest BCUT2D eigenvalue weighted by Crippen LogP contribution is -2.45. The smallest absolute Gasteiger partial charge is 0.243 e. The van der Waals surface area contributed by atoms with Crippen molar-refractivity contribution in [1.82, 2.24) is 4.31 Å². The van der Waals surface area contributed by atoms with Gasteiger partial charge in [-0.1, -0.05) is 17.7 Å². The summed E-state index contributed by atoms with van der Waals surface area (Å²) in [6, 6.07) is 3.91. The molecule has 1 saturated heterocycles. The Morgan fingerprint density at radius 3 is 2.33 bits per heavy atom. The quantitative estimate of drug-likeness (QED) is 0.932. The van der Waals surface area contributed by atoms with E-state index in [1.54, 1.807) is 4.31 Å². The number of aryl methyl sites for hydroxylation is 3. The van der Waals surface area contributed by atoms with Crippen LogP contribution in [0.5, 0.6) is 0 Å². The van der Waals surface area contributed by atoms with Crippen LogP contribution in [0.3, 0.4) is 0 Å². The van der Waals surface area contributed by atoms with E-state index in [-0.39, 0.29) is 12.0 Å². The highest BCUT2D eigenvalue weighted by molar-refractivity contribution is 7.89. The monoisotopic (exact) mass is 310 g/mol. The van der Waals surface area contributed by atoms with E-state index in [1.165, 1.54) is 0 Å². The second-order valence-corrected chi connectivity index (χ2v) is 8.23. The van der Waals surface area contributed by atoms with Gasteiger partial charge in [0, 0.05) is 19.1 Å². The van der Waals surface area contributed by atoms with Crippen molar-refractivity contribution in [2.45, 2.75) is 51.5 Å². The molecule has 1 aromatic carbocycles. The zero-order valence-electron chi connectivity index (χ0n) is 13.4. The summed E-state index contributed by atoms with van der Waals surface area (Å²) < 4.78 is 27.6. The van der Waals surface area contributed by atoms with Crippen LogP contribution >= 0.6 is 0 Å². The Morgan fingerprint density at radius 2 is 1.81 bits per heavy atom. The molecular formula is C16H26N2O2S. The molecule has 2 unspecified atom stereocenters. The lowest BCUT2D eigenvalue weighted by molar-refractivity contribution is 0.243. The highest BCUT2D eigenvalue weighted by atomic mass is 32.2. The Morgan fingerprint density at radius 1 is 1.24 bits per heavy atom. The molecule has 2 rings (SSSR count). The first kappa shape index (κ1) is 16.5. The van der Waals surface area contributed by atoms with E-state index in [0.717, 1.165) is 29.5 Å². The van der Waals surface area contributed by atoms with Crippen LogP contribution in [0, 0.1) is 26.7 Å². The van der Waals surface area contributed by atoms with Gasteiger partial charge in [-0.15, -0.1) is 0 Å². The van der Waals surface area contributed by atoms with E-state index in [2.05, 4.69) is 0 Å². The van der Waals surface area contributed by atoms with Crippen molar-refractivity contribution in [3.05, 3.63) is 28.8 Å². The lowest BCUT2D eigenvalue weighted by atomic mass is 9.93. The molecule has 0 aliphatic carbocycles.